The Bertz CT molecular complexity index is 485. The molecule has 1 aromatic rings. The van der Waals surface area contributed by atoms with E-state index in [-0.39, 0.29) is 0 Å². The highest BCUT2D eigenvalue weighted by molar-refractivity contribution is 5.83. The first kappa shape index (κ1) is 14.0. The van der Waals surface area contributed by atoms with E-state index in [4.69, 9.17) is 0 Å². The van der Waals surface area contributed by atoms with Gasteiger partial charge in [0, 0.05) is 12.8 Å². The zero-order valence-corrected chi connectivity index (χ0v) is 12.4. The monoisotopic (exact) mass is 256 g/mol. The van der Waals surface area contributed by atoms with Crippen molar-refractivity contribution in [3.8, 4) is 0 Å². The standard InChI is InChI=1S/C18H24O/c1-13-9-14(2)18(15(3)10-13)12-17(19)11-16-7-5-4-6-8-16/h7,9-10H,4-6,8,11-12H2,1-3H3. The lowest BCUT2D eigenvalue weighted by molar-refractivity contribution is -0.117. The lowest BCUT2D eigenvalue weighted by Crippen LogP contribution is -2.08. The molecule has 1 aromatic carbocycles. The van der Waals surface area contributed by atoms with Crippen molar-refractivity contribution in [2.45, 2.75) is 59.3 Å². The first-order valence-corrected chi connectivity index (χ1v) is 7.32. The third kappa shape index (κ3) is 3.79. The van der Waals surface area contributed by atoms with Crippen molar-refractivity contribution in [3.63, 3.8) is 0 Å². The fraction of sp³-hybridized carbons (Fsp3) is 0.500. The van der Waals surface area contributed by atoms with Crippen molar-refractivity contribution >= 4 is 5.78 Å². The van der Waals surface area contributed by atoms with Gasteiger partial charge in [-0.15, -0.1) is 0 Å². The Kier molecular flexibility index (Phi) is 4.57. The molecule has 2 rings (SSSR count). The fourth-order valence-corrected chi connectivity index (χ4v) is 3.07. The summed E-state index contributed by atoms with van der Waals surface area (Å²) in [5.74, 6) is 0.364. The van der Waals surface area contributed by atoms with Gasteiger partial charge in [0.2, 0.25) is 0 Å². The number of carbonyl (C=O) groups excluding carboxylic acids is 1. The molecule has 0 aromatic heterocycles. The van der Waals surface area contributed by atoms with E-state index >= 15 is 0 Å². The van der Waals surface area contributed by atoms with Gasteiger partial charge in [0.05, 0.1) is 0 Å². The van der Waals surface area contributed by atoms with Gasteiger partial charge in [0.1, 0.15) is 5.78 Å². The van der Waals surface area contributed by atoms with Gasteiger partial charge < -0.3 is 0 Å². The Balaban J connectivity index is 2.04. The second-order valence-electron chi connectivity index (χ2n) is 5.88. The van der Waals surface area contributed by atoms with Crippen LogP contribution in [-0.4, -0.2) is 5.78 Å². The molecular weight excluding hydrogens is 232 g/mol. The van der Waals surface area contributed by atoms with Crippen molar-refractivity contribution in [2.75, 3.05) is 0 Å². The third-order valence-electron chi connectivity index (χ3n) is 4.02. The van der Waals surface area contributed by atoms with Gasteiger partial charge >= 0.3 is 0 Å². The highest BCUT2D eigenvalue weighted by Gasteiger charge is 2.12. The maximum absolute atomic E-state index is 12.2. The number of carbonyl (C=O) groups is 1. The molecule has 0 N–H and O–H groups in total. The van der Waals surface area contributed by atoms with E-state index in [9.17, 15) is 4.79 Å². The highest BCUT2D eigenvalue weighted by Crippen LogP contribution is 2.22. The summed E-state index contributed by atoms with van der Waals surface area (Å²) >= 11 is 0. The fourth-order valence-electron chi connectivity index (χ4n) is 3.07. The molecule has 0 unspecified atom stereocenters. The lowest BCUT2D eigenvalue weighted by Gasteiger charge is -2.14. The molecule has 1 nitrogen and oxygen atoms in total. The number of benzene rings is 1. The number of ketones is 1. The molecule has 0 amide bonds. The predicted octanol–water partition coefficient (Wildman–Crippen LogP) is 4.61. The van der Waals surface area contributed by atoms with Gasteiger partial charge in [0.15, 0.2) is 0 Å². The van der Waals surface area contributed by atoms with E-state index in [0.717, 1.165) is 12.8 Å². The molecule has 1 heteroatoms. The van der Waals surface area contributed by atoms with Gasteiger partial charge in [-0.3, -0.25) is 4.79 Å². The van der Waals surface area contributed by atoms with Crippen LogP contribution in [0.15, 0.2) is 23.8 Å². The van der Waals surface area contributed by atoms with Crippen molar-refractivity contribution in [2.24, 2.45) is 0 Å². The van der Waals surface area contributed by atoms with Crippen LogP contribution in [0.2, 0.25) is 0 Å². The maximum Gasteiger partial charge on any atom is 0.141 e. The molecule has 0 bridgehead atoms. The molecule has 1 aliphatic rings. The van der Waals surface area contributed by atoms with Crippen LogP contribution >= 0.6 is 0 Å². The SMILES string of the molecule is Cc1cc(C)c(CC(=O)CC2=CCCCC2)c(C)c1. The van der Waals surface area contributed by atoms with E-state index < -0.39 is 0 Å². The molecule has 0 spiro atoms. The van der Waals surface area contributed by atoms with Crippen LogP contribution in [0.4, 0.5) is 0 Å². The summed E-state index contributed by atoms with van der Waals surface area (Å²) in [7, 11) is 0. The maximum atomic E-state index is 12.2. The number of aryl methyl sites for hydroxylation is 3. The number of allylic oxidation sites excluding steroid dienone is 2. The smallest absolute Gasteiger partial charge is 0.141 e. The summed E-state index contributed by atoms with van der Waals surface area (Å²) in [4.78, 5) is 12.2. The molecule has 0 heterocycles. The second-order valence-corrected chi connectivity index (χ2v) is 5.88. The highest BCUT2D eigenvalue weighted by atomic mass is 16.1. The molecule has 0 saturated carbocycles. The van der Waals surface area contributed by atoms with E-state index in [1.165, 1.54) is 40.7 Å². The number of rotatable bonds is 4. The molecule has 0 aliphatic heterocycles. The zero-order valence-electron chi connectivity index (χ0n) is 12.4. The Hall–Kier alpha value is -1.37. The van der Waals surface area contributed by atoms with Crippen LogP contribution in [0.1, 0.15) is 54.4 Å². The van der Waals surface area contributed by atoms with E-state index in [1.54, 1.807) is 0 Å². The van der Waals surface area contributed by atoms with Gasteiger partial charge in [-0.1, -0.05) is 29.3 Å². The van der Waals surface area contributed by atoms with Crippen molar-refractivity contribution in [1.29, 1.82) is 0 Å². The van der Waals surface area contributed by atoms with E-state index in [2.05, 4.69) is 39.0 Å². The summed E-state index contributed by atoms with van der Waals surface area (Å²) in [5, 5.41) is 0. The van der Waals surface area contributed by atoms with Gasteiger partial charge in [0.25, 0.3) is 0 Å². The van der Waals surface area contributed by atoms with Gasteiger partial charge in [-0.05, 0) is 63.1 Å². The van der Waals surface area contributed by atoms with Crippen molar-refractivity contribution in [3.05, 3.63) is 46.0 Å². The third-order valence-corrected chi connectivity index (χ3v) is 4.02. The summed E-state index contributed by atoms with van der Waals surface area (Å²) in [5.41, 5.74) is 6.37. The first-order valence-electron chi connectivity index (χ1n) is 7.32. The van der Waals surface area contributed by atoms with Crippen LogP contribution in [0.5, 0.6) is 0 Å². The molecule has 0 fully saturated rings. The number of hydrogen-bond donors (Lipinski definition) is 0. The average molecular weight is 256 g/mol. The summed E-state index contributed by atoms with van der Waals surface area (Å²) in [6, 6.07) is 4.35. The van der Waals surface area contributed by atoms with Crippen LogP contribution in [0.25, 0.3) is 0 Å². The largest absolute Gasteiger partial charge is 0.299 e. The molecule has 0 radical (unpaired) electrons. The van der Waals surface area contributed by atoms with Crippen LogP contribution in [-0.2, 0) is 11.2 Å². The minimum absolute atomic E-state index is 0.364. The quantitative estimate of drug-likeness (QED) is 0.719. The van der Waals surface area contributed by atoms with Crippen molar-refractivity contribution in [1.82, 2.24) is 0 Å². The molecule has 0 saturated heterocycles. The predicted molar refractivity (Wildman–Crippen MR) is 80.5 cm³/mol. The van der Waals surface area contributed by atoms with E-state index in [0.29, 0.717) is 18.6 Å². The minimum Gasteiger partial charge on any atom is -0.299 e. The van der Waals surface area contributed by atoms with Crippen molar-refractivity contribution < 1.29 is 4.79 Å². The van der Waals surface area contributed by atoms with Crippen LogP contribution in [0.3, 0.4) is 0 Å². The number of Topliss-reactive ketones (excluding diaryl/α,β-unsaturated/α-hetero) is 1. The Morgan fingerprint density at radius 1 is 1.05 bits per heavy atom. The molecule has 102 valence electrons. The zero-order chi connectivity index (χ0) is 13.8. The van der Waals surface area contributed by atoms with Crippen LogP contribution in [0, 0.1) is 20.8 Å². The second kappa shape index (κ2) is 6.18. The summed E-state index contributed by atoms with van der Waals surface area (Å²) in [6.45, 7) is 6.34. The lowest BCUT2D eigenvalue weighted by atomic mass is 9.91. The average Bonchev–Trinajstić information content (AvgIpc) is 2.35. The van der Waals surface area contributed by atoms with Gasteiger partial charge in [-0.25, -0.2) is 0 Å². The van der Waals surface area contributed by atoms with Crippen LogP contribution < -0.4 is 0 Å². The minimum atomic E-state index is 0.364. The first-order chi connectivity index (χ1) is 9.06. The molecule has 0 atom stereocenters. The summed E-state index contributed by atoms with van der Waals surface area (Å²) < 4.78 is 0. The number of hydrogen-bond acceptors (Lipinski definition) is 1. The van der Waals surface area contributed by atoms with E-state index in [1.807, 2.05) is 0 Å². The normalized spacial score (nSPS) is 15.2. The topological polar surface area (TPSA) is 17.1 Å². The molecule has 19 heavy (non-hydrogen) atoms. The summed E-state index contributed by atoms with van der Waals surface area (Å²) in [6.07, 6.45) is 8.34. The van der Waals surface area contributed by atoms with Gasteiger partial charge in [-0.2, -0.15) is 0 Å². The Morgan fingerprint density at radius 3 is 2.32 bits per heavy atom. The molecular formula is C18H24O. The Morgan fingerprint density at radius 2 is 1.74 bits per heavy atom. The molecule has 1 aliphatic carbocycles. The Labute approximate surface area is 116 Å².